The summed E-state index contributed by atoms with van der Waals surface area (Å²) in [6.07, 6.45) is 1.56. The van der Waals surface area contributed by atoms with Crippen LogP contribution in [0.5, 0.6) is 5.75 Å². The van der Waals surface area contributed by atoms with Crippen molar-refractivity contribution in [1.82, 2.24) is 10.1 Å². The summed E-state index contributed by atoms with van der Waals surface area (Å²) < 4.78 is 10.5. The maximum atomic E-state index is 11.2. The van der Waals surface area contributed by atoms with E-state index >= 15 is 0 Å². The predicted octanol–water partition coefficient (Wildman–Crippen LogP) is 2.29. The molecule has 0 saturated heterocycles. The zero-order valence-electron chi connectivity index (χ0n) is 11.3. The lowest BCUT2D eigenvalue weighted by Gasteiger charge is -2.05. The van der Waals surface area contributed by atoms with Gasteiger partial charge in [-0.25, -0.2) is 0 Å². The van der Waals surface area contributed by atoms with Crippen LogP contribution in [0, 0.1) is 0 Å². The molecule has 0 saturated carbocycles. The standard InChI is InChI=1S/C15H13N3O3/c1-20-11-4-2-3-9(7-11)13-14(21-18-15(13)16)10-5-6-12(19)17-8-10/h2-8H,1H3,(H2,16,18)(H,17,19). The number of rotatable bonds is 3. The molecule has 0 radical (unpaired) electrons. The molecule has 0 aliphatic rings. The summed E-state index contributed by atoms with van der Waals surface area (Å²) in [5, 5.41) is 3.82. The third kappa shape index (κ3) is 2.38. The van der Waals surface area contributed by atoms with Crippen molar-refractivity contribution >= 4 is 5.82 Å². The van der Waals surface area contributed by atoms with Gasteiger partial charge in [-0.15, -0.1) is 0 Å². The van der Waals surface area contributed by atoms with Crippen LogP contribution in [0.15, 0.2) is 51.9 Å². The van der Waals surface area contributed by atoms with E-state index in [0.717, 1.165) is 5.56 Å². The molecule has 0 spiro atoms. The van der Waals surface area contributed by atoms with Crippen molar-refractivity contribution in [3.8, 4) is 28.2 Å². The van der Waals surface area contributed by atoms with Crippen LogP contribution in [-0.4, -0.2) is 17.3 Å². The van der Waals surface area contributed by atoms with Gasteiger partial charge in [0.1, 0.15) is 5.75 Å². The van der Waals surface area contributed by atoms with Gasteiger partial charge in [-0.3, -0.25) is 4.79 Å². The molecule has 0 amide bonds. The van der Waals surface area contributed by atoms with Crippen molar-refractivity contribution in [2.24, 2.45) is 0 Å². The molecule has 21 heavy (non-hydrogen) atoms. The zero-order valence-corrected chi connectivity index (χ0v) is 11.3. The van der Waals surface area contributed by atoms with Crippen LogP contribution in [0.4, 0.5) is 5.82 Å². The number of aromatic nitrogens is 2. The molecule has 1 aromatic carbocycles. The normalized spacial score (nSPS) is 10.5. The minimum absolute atomic E-state index is 0.186. The average Bonchev–Trinajstić information content (AvgIpc) is 2.90. The number of methoxy groups -OCH3 is 1. The van der Waals surface area contributed by atoms with Crippen molar-refractivity contribution in [3.05, 3.63) is 52.9 Å². The largest absolute Gasteiger partial charge is 0.497 e. The van der Waals surface area contributed by atoms with Gasteiger partial charge in [-0.05, 0) is 23.8 Å². The van der Waals surface area contributed by atoms with Gasteiger partial charge < -0.3 is 20.0 Å². The van der Waals surface area contributed by atoms with Crippen molar-refractivity contribution < 1.29 is 9.26 Å². The summed E-state index contributed by atoms with van der Waals surface area (Å²) in [4.78, 5) is 13.8. The van der Waals surface area contributed by atoms with Crippen LogP contribution in [0.2, 0.25) is 0 Å². The average molecular weight is 283 g/mol. The van der Waals surface area contributed by atoms with Crippen LogP contribution in [0.25, 0.3) is 22.5 Å². The quantitative estimate of drug-likeness (QED) is 0.769. The lowest BCUT2D eigenvalue weighted by Crippen LogP contribution is -2.01. The van der Waals surface area contributed by atoms with Gasteiger partial charge in [-0.1, -0.05) is 17.3 Å². The Bertz CT molecular complexity index is 816. The van der Waals surface area contributed by atoms with Gasteiger partial charge in [0.25, 0.3) is 0 Å². The Morgan fingerprint density at radius 1 is 1.24 bits per heavy atom. The van der Waals surface area contributed by atoms with E-state index in [0.29, 0.717) is 22.6 Å². The Morgan fingerprint density at radius 2 is 2.10 bits per heavy atom. The molecule has 0 fully saturated rings. The molecule has 0 aliphatic heterocycles. The topological polar surface area (TPSA) is 94.1 Å². The van der Waals surface area contributed by atoms with Crippen LogP contribution in [0.1, 0.15) is 0 Å². The molecular weight excluding hydrogens is 270 g/mol. The predicted molar refractivity (Wildman–Crippen MR) is 79.0 cm³/mol. The first-order chi connectivity index (χ1) is 10.2. The van der Waals surface area contributed by atoms with Gasteiger partial charge in [0.05, 0.1) is 12.7 Å². The molecule has 0 aliphatic carbocycles. The van der Waals surface area contributed by atoms with Crippen molar-refractivity contribution in [2.75, 3.05) is 12.8 Å². The Morgan fingerprint density at radius 3 is 2.81 bits per heavy atom. The third-order valence-electron chi connectivity index (χ3n) is 3.12. The van der Waals surface area contributed by atoms with Crippen LogP contribution >= 0.6 is 0 Å². The second-order valence-corrected chi connectivity index (χ2v) is 4.45. The van der Waals surface area contributed by atoms with Crippen molar-refractivity contribution in [1.29, 1.82) is 0 Å². The van der Waals surface area contributed by atoms with E-state index in [9.17, 15) is 4.79 Å². The number of ether oxygens (including phenoxy) is 1. The molecule has 0 bridgehead atoms. The number of nitrogens with two attached hydrogens (primary N) is 1. The minimum atomic E-state index is -0.186. The summed E-state index contributed by atoms with van der Waals surface area (Å²) in [6, 6.07) is 10.5. The number of aromatic amines is 1. The summed E-state index contributed by atoms with van der Waals surface area (Å²) in [7, 11) is 1.60. The molecule has 3 rings (SSSR count). The van der Waals surface area contributed by atoms with E-state index in [1.807, 2.05) is 24.3 Å². The Labute approximate surface area is 120 Å². The minimum Gasteiger partial charge on any atom is -0.497 e. The highest BCUT2D eigenvalue weighted by Gasteiger charge is 2.18. The number of benzene rings is 1. The van der Waals surface area contributed by atoms with Crippen LogP contribution < -0.4 is 16.0 Å². The number of nitrogen functional groups attached to an aromatic ring is 1. The number of hydrogen-bond donors (Lipinski definition) is 2. The lowest BCUT2D eigenvalue weighted by molar-refractivity contribution is 0.415. The number of anilines is 1. The molecule has 0 unspecified atom stereocenters. The summed E-state index contributed by atoms with van der Waals surface area (Å²) in [5.41, 5.74) is 7.92. The van der Waals surface area contributed by atoms with Crippen LogP contribution in [-0.2, 0) is 0 Å². The first kappa shape index (κ1) is 13.0. The Hall–Kier alpha value is -3.02. The monoisotopic (exact) mass is 283 g/mol. The third-order valence-corrected chi connectivity index (χ3v) is 3.12. The van der Waals surface area contributed by atoms with Crippen LogP contribution in [0.3, 0.4) is 0 Å². The molecule has 6 heteroatoms. The Balaban J connectivity index is 2.16. The van der Waals surface area contributed by atoms with Gasteiger partial charge in [0.15, 0.2) is 11.6 Å². The SMILES string of the molecule is COc1cccc(-c2c(N)noc2-c2ccc(=O)[nH]c2)c1. The summed E-state index contributed by atoms with van der Waals surface area (Å²) in [6.45, 7) is 0. The molecule has 6 nitrogen and oxygen atoms in total. The molecule has 0 atom stereocenters. The van der Waals surface area contributed by atoms with Gasteiger partial charge in [0, 0.05) is 17.8 Å². The highest BCUT2D eigenvalue weighted by Crippen LogP contribution is 2.37. The van der Waals surface area contributed by atoms with Crippen molar-refractivity contribution in [3.63, 3.8) is 0 Å². The van der Waals surface area contributed by atoms with Gasteiger partial charge in [-0.2, -0.15) is 0 Å². The number of nitrogens with one attached hydrogen (secondary N) is 1. The fourth-order valence-corrected chi connectivity index (χ4v) is 2.11. The van der Waals surface area contributed by atoms with E-state index in [2.05, 4.69) is 10.1 Å². The first-order valence-electron chi connectivity index (χ1n) is 6.27. The van der Waals surface area contributed by atoms with E-state index in [1.54, 1.807) is 19.4 Å². The smallest absolute Gasteiger partial charge is 0.247 e. The Kier molecular flexibility index (Phi) is 3.19. The molecule has 3 aromatic rings. The van der Waals surface area contributed by atoms with Gasteiger partial charge in [0.2, 0.25) is 5.56 Å². The molecule has 106 valence electrons. The van der Waals surface area contributed by atoms with E-state index in [4.69, 9.17) is 15.0 Å². The van der Waals surface area contributed by atoms with E-state index in [-0.39, 0.29) is 11.4 Å². The fraction of sp³-hybridized carbons (Fsp3) is 0.0667. The number of nitrogens with zero attached hydrogens (tertiary/aromatic N) is 1. The molecular formula is C15H13N3O3. The first-order valence-corrected chi connectivity index (χ1v) is 6.27. The molecule has 3 N–H and O–H groups in total. The highest BCUT2D eigenvalue weighted by molar-refractivity contribution is 5.86. The lowest BCUT2D eigenvalue weighted by atomic mass is 10.0. The van der Waals surface area contributed by atoms with E-state index in [1.165, 1.54) is 6.07 Å². The second-order valence-electron chi connectivity index (χ2n) is 4.45. The van der Waals surface area contributed by atoms with E-state index < -0.39 is 0 Å². The molecule has 2 heterocycles. The van der Waals surface area contributed by atoms with Gasteiger partial charge >= 0.3 is 0 Å². The number of H-pyrrole nitrogens is 1. The van der Waals surface area contributed by atoms with Crippen molar-refractivity contribution in [2.45, 2.75) is 0 Å². The maximum Gasteiger partial charge on any atom is 0.247 e. The maximum absolute atomic E-state index is 11.2. The molecule has 2 aromatic heterocycles. The zero-order chi connectivity index (χ0) is 14.8. The fourth-order valence-electron chi connectivity index (χ4n) is 2.11. The summed E-state index contributed by atoms with van der Waals surface area (Å²) in [5.74, 6) is 1.49. The summed E-state index contributed by atoms with van der Waals surface area (Å²) >= 11 is 0. The second kappa shape index (κ2) is 5.16. The number of pyridine rings is 1. The number of hydrogen-bond acceptors (Lipinski definition) is 5. The highest BCUT2D eigenvalue weighted by atomic mass is 16.5.